The monoisotopic (exact) mass is 386 g/mol. The molecule has 4 nitrogen and oxygen atoms in total. The highest BCUT2D eigenvalue weighted by Crippen LogP contribution is 2.48. The Bertz CT molecular complexity index is 881. The van der Waals surface area contributed by atoms with Gasteiger partial charge in [0.05, 0.1) is 34.6 Å². The predicted octanol–water partition coefficient (Wildman–Crippen LogP) is 4.00. The van der Waals surface area contributed by atoms with Crippen LogP contribution in [0.2, 0.25) is 0 Å². The standard InChI is InChI=1S/C22H26O4S/c1-16-20(27(23,24)18-11-7-4-8-12-18)19-13-14-22(2,21(16)26-19)25-15-17-9-5-3-6-10-17/h3-12,16,19-21H,13-15H2,1-2H3/t16-,19-,20+,21-,22-/m0/s1. The molecule has 2 aromatic carbocycles. The predicted molar refractivity (Wildman–Crippen MR) is 104 cm³/mol. The molecule has 2 heterocycles. The van der Waals surface area contributed by atoms with Crippen LogP contribution < -0.4 is 0 Å². The van der Waals surface area contributed by atoms with E-state index in [0.29, 0.717) is 17.9 Å². The van der Waals surface area contributed by atoms with Gasteiger partial charge in [0.25, 0.3) is 0 Å². The van der Waals surface area contributed by atoms with Crippen molar-refractivity contribution in [3.05, 3.63) is 66.2 Å². The Hall–Kier alpha value is -1.69. The van der Waals surface area contributed by atoms with E-state index in [1.807, 2.05) is 43.3 Å². The molecule has 2 bridgehead atoms. The van der Waals surface area contributed by atoms with Crippen LogP contribution in [0.25, 0.3) is 0 Å². The van der Waals surface area contributed by atoms with Gasteiger partial charge in [-0.1, -0.05) is 55.5 Å². The molecule has 5 atom stereocenters. The summed E-state index contributed by atoms with van der Waals surface area (Å²) in [6, 6.07) is 18.8. The van der Waals surface area contributed by atoms with Gasteiger partial charge >= 0.3 is 0 Å². The third-order valence-corrected chi connectivity index (χ3v) is 8.43. The van der Waals surface area contributed by atoms with Gasteiger partial charge in [0.2, 0.25) is 0 Å². The van der Waals surface area contributed by atoms with Crippen molar-refractivity contribution in [1.29, 1.82) is 0 Å². The molecule has 0 saturated carbocycles. The van der Waals surface area contributed by atoms with Crippen molar-refractivity contribution in [1.82, 2.24) is 0 Å². The van der Waals surface area contributed by atoms with E-state index >= 15 is 0 Å². The fourth-order valence-electron chi connectivity index (χ4n) is 4.63. The van der Waals surface area contributed by atoms with Crippen molar-refractivity contribution in [2.45, 2.75) is 61.3 Å². The van der Waals surface area contributed by atoms with Crippen molar-refractivity contribution < 1.29 is 17.9 Å². The Morgan fingerprint density at radius 1 is 1.07 bits per heavy atom. The minimum absolute atomic E-state index is 0.122. The molecule has 0 radical (unpaired) electrons. The number of benzene rings is 2. The molecule has 2 aromatic rings. The van der Waals surface area contributed by atoms with Crippen molar-refractivity contribution in [2.24, 2.45) is 5.92 Å². The second-order valence-corrected chi connectivity index (χ2v) is 10.0. The minimum atomic E-state index is -3.44. The van der Waals surface area contributed by atoms with E-state index in [1.165, 1.54) is 0 Å². The van der Waals surface area contributed by atoms with Crippen LogP contribution in [0.4, 0.5) is 0 Å². The van der Waals surface area contributed by atoms with Crippen LogP contribution in [-0.4, -0.2) is 31.5 Å². The summed E-state index contributed by atoms with van der Waals surface area (Å²) in [5, 5.41) is -0.521. The van der Waals surface area contributed by atoms with Gasteiger partial charge in [-0.3, -0.25) is 0 Å². The van der Waals surface area contributed by atoms with Crippen molar-refractivity contribution in [3.8, 4) is 0 Å². The summed E-state index contributed by atoms with van der Waals surface area (Å²) in [6.45, 7) is 4.56. The van der Waals surface area contributed by atoms with E-state index < -0.39 is 20.7 Å². The number of hydrogen-bond donors (Lipinski definition) is 0. The van der Waals surface area contributed by atoms with Crippen LogP contribution in [0.3, 0.4) is 0 Å². The average molecular weight is 387 g/mol. The van der Waals surface area contributed by atoms with Crippen molar-refractivity contribution in [2.75, 3.05) is 0 Å². The molecule has 0 spiro atoms. The third kappa shape index (κ3) is 3.33. The summed E-state index contributed by atoms with van der Waals surface area (Å²) >= 11 is 0. The quantitative estimate of drug-likeness (QED) is 0.779. The lowest BCUT2D eigenvalue weighted by atomic mass is 9.87. The van der Waals surface area contributed by atoms with Crippen molar-refractivity contribution >= 4 is 9.84 Å². The number of sulfone groups is 1. The molecular formula is C22H26O4S. The SMILES string of the molecule is C[C@H]1[C@@H](S(=O)(=O)c2ccccc2)[C@@H]2CC[C@](C)(OCc3ccccc3)[C@H]1O2. The highest BCUT2D eigenvalue weighted by Gasteiger charge is 2.58. The summed E-state index contributed by atoms with van der Waals surface area (Å²) < 4.78 is 39.0. The topological polar surface area (TPSA) is 52.6 Å². The molecule has 0 aliphatic carbocycles. The van der Waals surface area contributed by atoms with Crippen molar-refractivity contribution in [3.63, 3.8) is 0 Å². The zero-order valence-corrected chi connectivity index (χ0v) is 16.6. The summed E-state index contributed by atoms with van der Waals surface area (Å²) in [7, 11) is -3.44. The largest absolute Gasteiger partial charge is 0.370 e. The summed E-state index contributed by atoms with van der Waals surface area (Å²) in [5.74, 6) is -0.122. The Labute approximate surface area is 161 Å². The van der Waals surface area contributed by atoms with Gasteiger partial charge in [0.1, 0.15) is 0 Å². The third-order valence-electron chi connectivity index (χ3n) is 6.05. The molecule has 0 aromatic heterocycles. The number of rotatable bonds is 5. The summed E-state index contributed by atoms with van der Waals surface area (Å²) in [6.07, 6.45) is 1.02. The maximum atomic E-state index is 13.3. The van der Waals surface area contributed by atoms with Gasteiger partial charge in [0, 0.05) is 5.92 Å². The van der Waals surface area contributed by atoms with Crippen LogP contribution >= 0.6 is 0 Å². The molecule has 27 heavy (non-hydrogen) atoms. The fraction of sp³-hybridized carbons (Fsp3) is 0.455. The number of ether oxygens (including phenoxy) is 2. The number of hydrogen-bond acceptors (Lipinski definition) is 4. The molecular weight excluding hydrogens is 360 g/mol. The summed E-state index contributed by atoms with van der Waals surface area (Å²) in [4.78, 5) is 0.380. The smallest absolute Gasteiger partial charge is 0.184 e. The van der Waals surface area contributed by atoms with Crippen LogP contribution in [0.1, 0.15) is 32.3 Å². The molecule has 0 unspecified atom stereocenters. The van der Waals surface area contributed by atoms with Crippen LogP contribution in [-0.2, 0) is 25.9 Å². The molecule has 2 aliphatic rings. The Balaban J connectivity index is 1.56. The van der Waals surface area contributed by atoms with E-state index in [9.17, 15) is 8.42 Å². The molecule has 0 N–H and O–H groups in total. The van der Waals surface area contributed by atoms with E-state index in [-0.39, 0.29) is 18.1 Å². The maximum absolute atomic E-state index is 13.3. The van der Waals surface area contributed by atoms with Gasteiger partial charge in [-0.25, -0.2) is 8.42 Å². The van der Waals surface area contributed by atoms with E-state index in [0.717, 1.165) is 12.0 Å². The molecule has 2 saturated heterocycles. The number of fused-ring (bicyclic) bond motifs is 2. The first-order valence-electron chi connectivity index (χ1n) is 9.54. The van der Waals surface area contributed by atoms with E-state index in [1.54, 1.807) is 24.3 Å². The fourth-order valence-corrected chi connectivity index (χ4v) is 6.79. The van der Waals surface area contributed by atoms with Crippen LogP contribution in [0.15, 0.2) is 65.6 Å². The van der Waals surface area contributed by atoms with Gasteiger partial charge in [0.15, 0.2) is 9.84 Å². The first-order chi connectivity index (χ1) is 12.9. The maximum Gasteiger partial charge on any atom is 0.184 e. The van der Waals surface area contributed by atoms with Gasteiger partial charge < -0.3 is 9.47 Å². The molecule has 144 valence electrons. The zero-order valence-electron chi connectivity index (χ0n) is 15.7. The molecule has 0 amide bonds. The second kappa shape index (κ2) is 7.04. The molecule has 2 aliphatic heterocycles. The van der Waals surface area contributed by atoms with Crippen LogP contribution in [0, 0.1) is 5.92 Å². The molecule has 4 rings (SSSR count). The second-order valence-electron chi connectivity index (χ2n) is 7.90. The Kier molecular flexibility index (Phi) is 4.87. The minimum Gasteiger partial charge on any atom is -0.370 e. The average Bonchev–Trinajstić information content (AvgIpc) is 2.99. The van der Waals surface area contributed by atoms with E-state index in [2.05, 4.69) is 6.92 Å². The lowest BCUT2D eigenvalue weighted by Crippen LogP contribution is -2.47. The van der Waals surface area contributed by atoms with Gasteiger partial charge in [-0.15, -0.1) is 0 Å². The summed E-state index contributed by atoms with van der Waals surface area (Å²) in [5.41, 5.74) is 0.632. The van der Waals surface area contributed by atoms with Crippen LogP contribution in [0.5, 0.6) is 0 Å². The molecule has 5 heteroatoms. The Morgan fingerprint density at radius 3 is 2.37 bits per heavy atom. The molecule has 2 fully saturated rings. The lowest BCUT2D eigenvalue weighted by molar-refractivity contribution is -0.178. The van der Waals surface area contributed by atoms with Gasteiger partial charge in [-0.05, 0) is 37.5 Å². The highest BCUT2D eigenvalue weighted by atomic mass is 32.2. The first-order valence-corrected chi connectivity index (χ1v) is 11.1. The normalized spacial score (nSPS) is 33.1. The van der Waals surface area contributed by atoms with E-state index in [4.69, 9.17) is 9.47 Å². The zero-order chi connectivity index (χ0) is 19.1. The van der Waals surface area contributed by atoms with Gasteiger partial charge in [-0.2, -0.15) is 0 Å². The first kappa shape index (κ1) is 18.7. The lowest BCUT2D eigenvalue weighted by Gasteiger charge is -2.40. The Morgan fingerprint density at radius 2 is 1.70 bits per heavy atom. The highest BCUT2D eigenvalue weighted by molar-refractivity contribution is 7.92.